The quantitative estimate of drug-likeness (QED) is 0.379. The fourth-order valence-corrected chi connectivity index (χ4v) is 0.513. The minimum Gasteiger partial charge on any atom is -0.465 e. The molecule has 0 spiro atoms. The minimum atomic E-state index is -0.269. The summed E-state index contributed by atoms with van der Waals surface area (Å²) in [6.45, 7) is 4.11. The normalized spacial score (nSPS) is 12.7. The molecule has 1 unspecified atom stereocenters. The Morgan fingerprint density at radius 1 is 1.80 bits per heavy atom. The molecule has 10 heavy (non-hydrogen) atoms. The number of carbonyl (C=O) groups is 1. The lowest BCUT2D eigenvalue weighted by Crippen LogP contribution is -2.28. The van der Waals surface area contributed by atoms with Crippen LogP contribution in [0.5, 0.6) is 0 Å². The summed E-state index contributed by atoms with van der Waals surface area (Å²) in [5.74, 6) is -0.269. The largest absolute Gasteiger partial charge is 0.465 e. The maximum absolute atomic E-state index is 10.6. The van der Waals surface area contributed by atoms with Crippen molar-refractivity contribution in [3.8, 4) is 0 Å². The van der Waals surface area contributed by atoms with Crippen molar-refractivity contribution in [2.24, 2.45) is 0 Å². The van der Waals surface area contributed by atoms with Crippen LogP contribution in [0.1, 0.15) is 13.8 Å². The number of hydrogen-bond donors (Lipinski definition) is 1. The molecule has 0 aromatic heterocycles. The molecule has 60 valence electrons. The van der Waals surface area contributed by atoms with Crippen molar-refractivity contribution in [3.05, 3.63) is 0 Å². The Bertz CT molecular complexity index is 106. The van der Waals surface area contributed by atoms with E-state index in [1.165, 1.54) is 0 Å². The summed E-state index contributed by atoms with van der Waals surface area (Å²) < 4.78 is 4.63. The average Bonchev–Trinajstić information content (AvgIpc) is 1.85. The molecule has 0 aromatic rings. The lowest BCUT2D eigenvalue weighted by atomic mass is 10.6. The number of esters is 1. The zero-order valence-corrected chi connectivity index (χ0v) is 6.94. The van der Waals surface area contributed by atoms with Gasteiger partial charge in [-0.15, -0.1) is 11.6 Å². The van der Waals surface area contributed by atoms with Gasteiger partial charge in [-0.25, -0.2) is 0 Å². The molecule has 0 aliphatic heterocycles. The summed E-state index contributed by atoms with van der Waals surface area (Å²) in [5, 5.41) is 2.72. The van der Waals surface area contributed by atoms with Crippen LogP contribution < -0.4 is 5.32 Å². The zero-order valence-electron chi connectivity index (χ0n) is 6.19. The predicted molar refractivity (Wildman–Crippen MR) is 40.0 cm³/mol. The standard InChI is InChI=1S/C6H12ClNO2/c1-3-10-6(9)4-8-5(2)7/h5,8H,3-4H2,1-2H3. The molecule has 3 nitrogen and oxygen atoms in total. The second-order valence-electron chi connectivity index (χ2n) is 1.80. The highest BCUT2D eigenvalue weighted by Crippen LogP contribution is 1.85. The van der Waals surface area contributed by atoms with Crippen LogP contribution in [0.15, 0.2) is 0 Å². The van der Waals surface area contributed by atoms with E-state index < -0.39 is 0 Å². The van der Waals surface area contributed by atoms with Gasteiger partial charge in [0, 0.05) is 0 Å². The van der Waals surface area contributed by atoms with Gasteiger partial charge in [-0.1, -0.05) is 0 Å². The number of carbonyl (C=O) groups excluding carboxylic acids is 1. The van der Waals surface area contributed by atoms with Crippen LogP contribution >= 0.6 is 11.6 Å². The second-order valence-corrected chi connectivity index (χ2v) is 2.46. The van der Waals surface area contributed by atoms with E-state index in [0.29, 0.717) is 6.61 Å². The third kappa shape index (κ3) is 5.85. The first-order valence-electron chi connectivity index (χ1n) is 3.20. The van der Waals surface area contributed by atoms with Crippen molar-refractivity contribution in [1.82, 2.24) is 5.32 Å². The van der Waals surface area contributed by atoms with Gasteiger partial charge < -0.3 is 4.74 Å². The Morgan fingerprint density at radius 2 is 2.40 bits per heavy atom. The third-order valence-corrected chi connectivity index (χ3v) is 0.987. The maximum Gasteiger partial charge on any atom is 0.319 e. The highest BCUT2D eigenvalue weighted by Gasteiger charge is 2.01. The first kappa shape index (κ1) is 9.72. The molecule has 0 heterocycles. The van der Waals surface area contributed by atoms with E-state index in [9.17, 15) is 4.79 Å². The first-order chi connectivity index (χ1) is 4.66. The summed E-state index contributed by atoms with van der Waals surface area (Å²) in [7, 11) is 0. The van der Waals surface area contributed by atoms with Crippen molar-refractivity contribution < 1.29 is 9.53 Å². The number of nitrogens with one attached hydrogen (secondary N) is 1. The molecule has 0 amide bonds. The molecule has 0 saturated heterocycles. The predicted octanol–water partition coefficient (Wildman–Crippen LogP) is 0.724. The van der Waals surface area contributed by atoms with Crippen molar-refractivity contribution in [1.29, 1.82) is 0 Å². The fraction of sp³-hybridized carbons (Fsp3) is 0.833. The van der Waals surface area contributed by atoms with Gasteiger partial charge in [0.15, 0.2) is 0 Å². The molecule has 0 aliphatic carbocycles. The van der Waals surface area contributed by atoms with Gasteiger partial charge in [0.05, 0.1) is 18.7 Å². The number of ether oxygens (including phenoxy) is 1. The Balaban J connectivity index is 3.22. The molecule has 1 atom stereocenters. The second kappa shape index (κ2) is 5.50. The van der Waals surface area contributed by atoms with E-state index in [4.69, 9.17) is 11.6 Å². The Morgan fingerprint density at radius 3 is 2.80 bits per heavy atom. The molecule has 0 aromatic carbocycles. The number of rotatable bonds is 4. The van der Waals surface area contributed by atoms with E-state index >= 15 is 0 Å². The molecule has 4 heteroatoms. The molecule has 0 radical (unpaired) electrons. The Kier molecular flexibility index (Phi) is 5.35. The van der Waals surface area contributed by atoms with Crippen LogP contribution in [0, 0.1) is 0 Å². The molecular formula is C6H12ClNO2. The monoisotopic (exact) mass is 165 g/mol. The van der Waals surface area contributed by atoms with E-state index in [2.05, 4.69) is 10.1 Å². The molecule has 0 saturated carbocycles. The summed E-state index contributed by atoms with van der Waals surface area (Å²) in [4.78, 5) is 10.6. The molecule has 0 fully saturated rings. The van der Waals surface area contributed by atoms with Gasteiger partial charge in [-0.2, -0.15) is 0 Å². The number of hydrogen-bond acceptors (Lipinski definition) is 3. The van der Waals surface area contributed by atoms with Crippen LogP contribution in [0.4, 0.5) is 0 Å². The molecule has 0 aliphatic rings. The topological polar surface area (TPSA) is 38.3 Å². The van der Waals surface area contributed by atoms with Crippen LogP contribution in [0.3, 0.4) is 0 Å². The third-order valence-electron chi connectivity index (χ3n) is 0.833. The Labute approximate surface area is 65.7 Å². The van der Waals surface area contributed by atoms with Gasteiger partial charge >= 0.3 is 5.97 Å². The fourth-order valence-electron chi connectivity index (χ4n) is 0.436. The van der Waals surface area contributed by atoms with Crippen molar-refractivity contribution in [2.45, 2.75) is 19.3 Å². The molecular weight excluding hydrogens is 154 g/mol. The average molecular weight is 166 g/mol. The minimum absolute atomic E-state index is 0.179. The maximum atomic E-state index is 10.6. The van der Waals surface area contributed by atoms with Crippen LogP contribution in [-0.4, -0.2) is 24.6 Å². The zero-order chi connectivity index (χ0) is 7.98. The lowest BCUT2D eigenvalue weighted by Gasteiger charge is -2.04. The van der Waals surface area contributed by atoms with Crippen LogP contribution in [0.2, 0.25) is 0 Å². The van der Waals surface area contributed by atoms with Gasteiger partial charge in [-0.05, 0) is 13.8 Å². The van der Waals surface area contributed by atoms with Crippen LogP contribution in [0.25, 0.3) is 0 Å². The van der Waals surface area contributed by atoms with Gasteiger partial charge in [0.25, 0.3) is 0 Å². The van der Waals surface area contributed by atoms with Crippen molar-refractivity contribution in [2.75, 3.05) is 13.2 Å². The van der Waals surface area contributed by atoms with Crippen molar-refractivity contribution >= 4 is 17.6 Å². The van der Waals surface area contributed by atoms with E-state index in [0.717, 1.165) is 0 Å². The van der Waals surface area contributed by atoms with E-state index in [1.54, 1.807) is 13.8 Å². The highest BCUT2D eigenvalue weighted by molar-refractivity contribution is 6.20. The summed E-state index contributed by atoms with van der Waals surface area (Å²) in [5.41, 5.74) is -0.190. The van der Waals surface area contributed by atoms with E-state index in [-0.39, 0.29) is 18.0 Å². The number of halogens is 1. The molecule has 0 bridgehead atoms. The van der Waals surface area contributed by atoms with Crippen molar-refractivity contribution in [3.63, 3.8) is 0 Å². The van der Waals surface area contributed by atoms with E-state index in [1.807, 2.05) is 0 Å². The molecule has 1 N–H and O–H groups in total. The summed E-state index contributed by atoms with van der Waals surface area (Å²) in [6.07, 6.45) is 0. The summed E-state index contributed by atoms with van der Waals surface area (Å²) >= 11 is 5.50. The highest BCUT2D eigenvalue weighted by atomic mass is 35.5. The SMILES string of the molecule is CCOC(=O)CNC(C)Cl. The van der Waals surface area contributed by atoms with Gasteiger partial charge in [0.2, 0.25) is 0 Å². The van der Waals surface area contributed by atoms with Crippen LogP contribution in [-0.2, 0) is 9.53 Å². The summed E-state index contributed by atoms with van der Waals surface area (Å²) in [6, 6.07) is 0. The Hall–Kier alpha value is -0.280. The molecule has 0 rings (SSSR count). The smallest absolute Gasteiger partial charge is 0.319 e. The lowest BCUT2D eigenvalue weighted by molar-refractivity contribution is -0.142. The first-order valence-corrected chi connectivity index (χ1v) is 3.63. The van der Waals surface area contributed by atoms with Gasteiger partial charge in [-0.3, -0.25) is 10.1 Å². The number of alkyl halides is 1. The van der Waals surface area contributed by atoms with Gasteiger partial charge in [0.1, 0.15) is 0 Å².